The van der Waals surface area contributed by atoms with Gasteiger partial charge < -0.3 is 16.8 Å². The second-order valence-electron chi connectivity index (χ2n) is 6.65. The number of hydrogen-bond acceptors (Lipinski definition) is 8. The third-order valence-electron chi connectivity index (χ3n) is 4.84. The zero-order valence-corrected chi connectivity index (χ0v) is 16.6. The van der Waals surface area contributed by atoms with Crippen molar-refractivity contribution in [3.63, 3.8) is 0 Å². The predicted octanol–water partition coefficient (Wildman–Crippen LogP) is 3.52. The molecule has 1 atom stereocenters. The maximum atomic E-state index is 13.8. The minimum Gasteiger partial charge on any atom is -0.397 e. The highest BCUT2D eigenvalue weighted by molar-refractivity contribution is 6.30. The summed E-state index contributed by atoms with van der Waals surface area (Å²) in [6.45, 7) is 0. The number of aliphatic imine (C=N–C) groups is 1. The van der Waals surface area contributed by atoms with Crippen LogP contribution < -0.4 is 22.1 Å². The summed E-state index contributed by atoms with van der Waals surface area (Å²) in [4.78, 5) is 8.72. The molecule has 1 unspecified atom stereocenters. The molecule has 0 aliphatic carbocycles. The van der Waals surface area contributed by atoms with Crippen molar-refractivity contribution in [2.45, 2.75) is 6.04 Å². The lowest BCUT2D eigenvalue weighted by Gasteiger charge is -2.26. The Morgan fingerprint density at radius 1 is 1.10 bits per heavy atom. The SMILES string of the molecule is N#CNC1=NC(c2ccc(-c3ccc(Cl)c(F)c3)cc2)c2c(nc(N)c(C#N)c2N)N1. The van der Waals surface area contributed by atoms with E-state index in [1.807, 2.05) is 6.07 Å². The van der Waals surface area contributed by atoms with Crippen LogP contribution in [0.5, 0.6) is 0 Å². The molecule has 6 N–H and O–H groups in total. The van der Waals surface area contributed by atoms with Crippen LogP contribution in [0.1, 0.15) is 22.7 Å². The highest BCUT2D eigenvalue weighted by atomic mass is 35.5. The lowest BCUT2D eigenvalue weighted by Crippen LogP contribution is -2.32. The highest BCUT2D eigenvalue weighted by Crippen LogP contribution is 2.40. The molecule has 0 radical (unpaired) electrons. The van der Waals surface area contributed by atoms with E-state index in [4.69, 9.17) is 28.3 Å². The third-order valence-corrected chi connectivity index (χ3v) is 5.14. The van der Waals surface area contributed by atoms with Crippen molar-refractivity contribution >= 4 is 34.9 Å². The Morgan fingerprint density at radius 3 is 2.45 bits per heavy atom. The number of nitrogens with two attached hydrogens (primary N) is 2. The molecule has 152 valence electrons. The number of aromatic nitrogens is 1. The molecule has 1 aliphatic heterocycles. The average molecular weight is 433 g/mol. The highest BCUT2D eigenvalue weighted by Gasteiger charge is 2.29. The fraction of sp³-hybridized carbons (Fsp3) is 0.0476. The number of nitrogens with one attached hydrogen (secondary N) is 2. The molecule has 1 aliphatic rings. The van der Waals surface area contributed by atoms with Gasteiger partial charge in [0.25, 0.3) is 0 Å². The number of guanidine groups is 1. The Labute approximate surface area is 181 Å². The van der Waals surface area contributed by atoms with Gasteiger partial charge in [-0.05, 0) is 28.8 Å². The molecule has 1 aromatic heterocycles. The van der Waals surface area contributed by atoms with Gasteiger partial charge in [-0.15, -0.1) is 0 Å². The molecule has 0 fully saturated rings. The molecule has 0 amide bonds. The minimum absolute atomic E-state index is 0.0247. The summed E-state index contributed by atoms with van der Waals surface area (Å²) in [6, 6.07) is 13.1. The summed E-state index contributed by atoms with van der Waals surface area (Å²) >= 11 is 5.76. The second kappa shape index (κ2) is 7.82. The molecule has 3 aromatic rings. The lowest BCUT2D eigenvalue weighted by atomic mass is 9.93. The zero-order chi connectivity index (χ0) is 22.1. The smallest absolute Gasteiger partial charge is 0.211 e. The molecule has 10 heteroatoms. The van der Waals surface area contributed by atoms with Gasteiger partial charge in [-0.25, -0.2) is 14.4 Å². The first-order chi connectivity index (χ1) is 14.9. The number of pyridine rings is 1. The van der Waals surface area contributed by atoms with Crippen LogP contribution in [0.25, 0.3) is 11.1 Å². The summed E-state index contributed by atoms with van der Waals surface area (Å²) in [5.74, 6) is -0.0633. The van der Waals surface area contributed by atoms with Crippen molar-refractivity contribution in [1.82, 2.24) is 10.3 Å². The van der Waals surface area contributed by atoms with E-state index in [9.17, 15) is 9.65 Å². The zero-order valence-electron chi connectivity index (χ0n) is 15.8. The molecule has 8 nitrogen and oxygen atoms in total. The Balaban J connectivity index is 1.81. The van der Waals surface area contributed by atoms with E-state index in [1.165, 1.54) is 12.1 Å². The van der Waals surface area contributed by atoms with Gasteiger partial charge in [0.2, 0.25) is 5.96 Å². The summed E-state index contributed by atoms with van der Waals surface area (Å²) in [5, 5.41) is 23.7. The summed E-state index contributed by atoms with van der Waals surface area (Å²) in [6.07, 6.45) is 1.80. The fourth-order valence-electron chi connectivity index (χ4n) is 3.36. The van der Waals surface area contributed by atoms with Crippen LogP contribution in [0.2, 0.25) is 5.02 Å². The molecular formula is C21H14ClFN8. The van der Waals surface area contributed by atoms with Gasteiger partial charge in [0.1, 0.15) is 35.1 Å². The largest absolute Gasteiger partial charge is 0.397 e. The van der Waals surface area contributed by atoms with E-state index in [2.05, 4.69) is 20.6 Å². The van der Waals surface area contributed by atoms with E-state index in [1.54, 1.807) is 36.5 Å². The maximum absolute atomic E-state index is 13.8. The van der Waals surface area contributed by atoms with E-state index < -0.39 is 11.9 Å². The van der Waals surface area contributed by atoms with Gasteiger partial charge in [0.05, 0.1) is 10.7 Å². The Bertz CT molecular complexity index is 1300. The Kier molecular flexibility index (Phi) is 5.04. The number of nitriles is 2. The van der Waals surface area contributed by atoms with Crippen LogP contribution in [0.4, 0.5) is 21.7 Å². The number of halogens is 2. The molecule has 4 rings (SSSR count). The van der Waals surface area contributed by atoms with Crippen LogP contribution in [0.3, 0.4) is 0 Å². The first-order valence-corrected chi connectivity index (χ1v) is 9.35. The fourth-order valence-corrected chi connectivity index (χ4v) is 3.47. The number of nitrogens with zero attached hydrogens (tertiary/aromatic N) is 4. The van der Waals surface area contributed by atoms with Gasteiger partial charge in [0.15, 0.2) is 6.19 Å². The number of rotatable bonds is 2. The normalized spacial score (nSPS) is 14.5. The van der Waals surface area contributed by atoms with Crippen molar-refractivity contribution in [3.8, 4) is 23.4 Å². The molecule has 0 saturated carbocycles. The van der Waals surface area contributed by atoms with E-state index in [0.717, 1.165) is 11.1 Å². The summed E-state index contributed by atoms with van der Waals surface area (Å²) < 4.78 is 13.8. The second-order valence-corrected chi connectivity index (χ2v) is 7.06. The third kappa shape index (κ3) is 3.54. The maximum Gasteiger partial charge on any atom is 0.211 e. The number of hydrogen-bond donors (Lipinski definition) is 4. The number of nitrogen functional groups attached to an aromatic ring is 2. The van der Waals surface area contributed by atoms with Crippen LogP contribution in [0, 0.1) is 28.6 Å². The van der Waals surface area contributed by atoms with E-state index in [-0.39, 0.29) is 28.1 Å². The van der Waals surface area contributed by atoms with E-state index >= 15 is 0 Å². The van der Waals surface area contributed by atoms with Crippen molar-refractivity contribution < 1.29 is 4.39 Å². The van der Waals surface area contributed by atoms with Gasteiger partial charge in [0, 0.05) is 5.56 Å². The van der Waals surface area contributed by atoms with Crippen molar-refractivity contribution in [3.05, 3.63) is 70.0 Å². The predicted molar refractivity (Wildman–Crippen MR) is 116 cm³/mol. The number of benzene rings is 2. The van der Waals surface area contributed by atoms with Gasteiger partial charge in [-0.1, -0.05) is 41.9 Å². The molecule has 0 spiro atoms. The summed E-state index contributed by atoms with van der Waals surface area (Å²) in [7, 11) is 0. The molecular weight excluding hydrogens is 419 g/mol. The molecule has 0 saturated heterocycles. The molecule has 31 heavy (non-hydrogen) atoms. The van der Waals surface area contributed by atoms with Crippen molar-refractivity contribution in [1.29, 1.82) is 10.5 Å². The average Bonchev–Trinajstić information content (AvgIpc) is 2.75. The van der Waals surface area contributed by atoms with Crippen LogP contribution >= 0.6 is 11.6 Å². The number of anilines is 3. The standard InChI is InChI=1S/C21H14ClFN8/c22-14-6-5-12(7-15(14)23)10-1-3-11(4-2-10)18-16-17(26)13(8-24)19(27)30-20(16)31-21(29-18)28-9-25/h1-7,18H,(H6,26,27,28,29,30,31). The summed E-state index contributed by atoms with van der Waals surface area (Å²) in [5.41, 5.74) is 14.9. The minimum atomic E-state index is -0.650. The van der Waals surface area contributed by atoms with E-state index in [0.29, 0.717) is 16.9 Å². The van der Waals surface area contributed by atoms with Crippen LogP contribution in [-0.4, -0.2) is 10.9 Å². The van der Waals surface area contributed by atoms with Crippen LogP contribution in [-0.2, 0) is 0 Å². The van der Waals surface area contributed by atoms with Gasteiger partial charge >= 0.3 is 0 Å². The molecule has 2 heterocycles. The molecule has 2 aromatic carbocycles. The quantitative estimate of drug-likeness (QED) is 0.357. The van der Waals surface area contributed by atoms with Gasteiger partial charge in [-0.2, -0.15) is 10.5 Å². The Hall–Kier alpha value is -4.34. The Morgan fingerprint density at radius 2 is 1.81 bits per heavy atom. The first-order valence-electron chi connectivity index (χ1n) is 8.97. The number of fused-ring (bicyclic) bond motifs is 1. The monoisotopic (exact) mass is 432 g/mol. The van der Waals surface area contributed by atoms with Crippen molar-refractivity contribution in [2.75, 3.05) is 16.8 Å². The lowest BCUT2D eigenvalue weighted by molar-refractivity contribution is 0.629. The van der Waals surface area contributed by atoms with Crippen molar-refractivity contribution in [2.24, 2.45) is 4.99 Å². The van der Waals surface area contributed by atoms with Crippen LogP contribution in [0.15, 0.2) is 47.5 Å². The topological polar surface area (TPSA) is 149 Å². The van der Waals surface area contributed by atoms with Gasteiger partial charge in [-0.3, -0.25) is 5.32 Å². The molecule has 0 bridgehead atoms. The first kappa shape index (κ1) is 20.0.